The van der Waals surface area contributed by atoms with Gasteiger partial charge in [0.1, 0.15) is 0 Å². The fourth-order valence-electron chi connectivity index (χ4n) is 3.48. The van der Waals surface area contributed by atoms with E-state index in [4.69, 9.17) is 0 Å². The molecule has 0 saturated heterocycles. The molecule has 0 saturated carbocycles. The molecule has 0 aliphatic carbocycles. The zero-order valence-corrected chi connectivity index (χ0v) is 21.4. The third kappa shape index (κ3) is 17.1. The number of Topliss-reactive ketones (excluding diaryl/α,β-unsaturated/α-hetero) is 1. The number of likely N-dealkylation sites (N-methyl/N-ethyl adjacent to an activating group) is 1. The van der Waals surface area contributed by atoms with Crippen LogP contribution in [0.15, 0.2) is 12.2 Å². The summed E-state index contributed by atoms with van der Waals surface area (Å²) in [6, 6.07) is 0.403. The Morgan fingerprint density at radius 1 is 0.833 bits per heavy atom. The van der Waals surface area contributed by atoms with Gasteiger partial charge in [0.25, 0.3) is 0 Å². The molecule has 0 amide bonds. The van der Waals surface area contributed by atoms with Crippen molar-refractivity contribution in [3.8, 4) is 0 Å². The summed E-state index contributed by atoms with van der Waals surface area (Å²) >= 11 is 0. The van der Waals surface area contributed by atoms with E-state index in [1.54, 1.807) is 0 Å². The van der Waals surface area contributed by atoms with Crippen molar-refractivity contribution in [2.45, 2.75) is 136 Å². The van der Waals surface area contributed by atoms with Gasteiger partial charge in [-0.15, -0.1) is 0 Å². The van der Waals surface area contributed by atoms with Crippen molar-refractivity contribution < 1.29 is 4.79 Å². The van der Waals surface area contributed by atoms with E-state index in [-0.39, 0.29) is 5.78 Å². The summed E-state index contributed by atoms with van der Waals surface area (Å²) in [5.74, 6) is 0.281. The van der Waals surface area contributed by atoms with E-state index < -0.39 is 5.54 Å². The fraction of sp³-hybridized carbons (Fsp3) is 0.889. The predicted molar refractivity (Wildman–Crippen MR) is 134 cm³/mol. The summed E-state index contributed by atoms with van der Waals surface area (Å²) in [6.07, 6.45) is 23.4. The van der Waals surface area contributed by atoms with Gasteiger partial charge in [0.15, 0.2) is 5.78 Å². The van der Waals surface area contributed by atoms with Gasteiger partial charge in [-0.3, -0.25) is 9.69 Å². The first-order valence-electron chi connectivity index (χ1n) is 12.9. The molecule has 1 N–H and O–H groups in total. The number of ketones is 1. The van der Waals surface area contributed by atoms with Crippen LogP contribution in [-0.2, 0) is 4.79 Å². The van der Waals surface area contributed by atoms with Gasteiger partial charge in [0.2, 0.25) is 0 Å². The number of hydrogen-bond acceptors (Lipinski definition) is 3. The summed E-state index contributed by atoms with van der Waals surface area (Å²) in [6.45, 7) is 12.0. The number of nitrogens with zero attached hydrogens (tertiary/aromatic N) is 1. The van der Waals surface area contributed by atoms with Crippen molar-refractivity contribution in [3.05, 3.63) is 12.2 Å². The molecule has 0 aliphatic rings. The lowest BCUT2D eigenvalue weighted by atomic mass is 9.98. The molecule has 0 rings (SSSR count). The largest absolute Gasteiger partial charge is 0.305 e. The zero-order chi connectivity index (χ0) is 22.7. The molecule has 0 aromatic rings. The standard InChI is InChI=1S/C27H54N2O/c1-7-8-9-10-11-12-13-14-15-16-17-18-19-20-21-22-23-28-27(4,5)26(30)24-29(6)25(2)3/h14-15,25,28H,7-13,16-24H2,1-6H3/b15-14-. The van der Waals surface area contributed by atoms with E-state index in [2.05, 4.69) is 43.1 Å². The lowest BCUT2D eigenvalue weighted by Gasteiger charge is -2.29. The molecule has 0 spiro atoms. The molecule has 0 bridgehead atoms. The van der Waals surface area contributed by atoms with E-state index >= 15 is 0 Å². The minimum atomic E-state index is -0.426. The number of carbonyl (C=O) groups excluding carboxylic acids is 1. The number of hydrogen-bond donors (Lipinski definition) is 1. The first kappa shape index (κ1) is 29.3. The molecular weight excluding hydrogens is 368 g/mol. The minimum absolute atomic E-state index is 0.281. The van der Waals surface area contributed by atoms with Gasteiger partial charge in [0.05, 0.1) is 12.1 Å². The smallest absolute Gasteiger partial charge is 0.166 e. The summed E-state index contributed by atoms with van der Waals surface area (Å²) < 4.78 is 0. The van der Waals surface area contributed by atoms with Crippen molar-refractivity contribution in [2.24, 2.45) is 0 Å². The van der Waals surface area contributed by atoms with E-state index in [0.717, 1.165) is 13.0 Å². The molecule has 0 radical (unpaired) electrons. The number of allylic oxidation sites excluding steroid dienone is 2. The Balaban J connectivity index is 3.51. The van der Waals surface area contributed by atoms with Crippen LogP contribution in [-0.4, -0.2) is 42.4 Å². The molecule has 0 heterocycles. The molecular formula is C27H54N2O. The fourth-order valence-corrected chi connectivity index (χ4v) is 3.48. The van der Waals surface area contributed by atoms with Crippen molar-refractivity contribution >= 4 is 5.78 Å². The third-order valence-corrected chi connectivity index (χ3v) is 6.23. The molecule has 3 heteroatoms. The topological polar surface area (TPSA) is 32.3 Å². The van der Waals surface area contributed by atoms with E-state index in [9.17, 15) is 4.79 Å². The number of unbranched alkanes of at least 4 members (excludes halogenated alkanes) is 12. The summed E-state index contributed by atoms with van der Waals surface area (Å²) in [5, 5.41) is 3.47. The monoisotopic (exact) mass is 422 g/mol. The Morgan fingerprint density at radius 2 is 1.30 bits per heavy atom. The van der Waals surface area contributed by atoms with Gasteiger partial charge in [-0.05, 0) is 73.4 Å². The number of carbonyl (C=O) groups is 1. The number of nitrogens with one attached hydrogen (secondary N) is 1. The van der Waals surface area contributed by atoms with Crippen LogP contribution < -0.4 is 5.32 Å². The maximum Gasteiger partial charge on any atom is 0.166 e. The first-order chi connectivity index (χ1) is 14.3. The third-order valence-electron chi connectivity index (χ3n) is 6.23. The highest BCUT2D eigenvalue weighted by atomic mass is 16.1. The van der Waals surface area contributed by atoms with Crippen LogP contribution in [0.3, 0.4) is 0 Å². The molecule has 30 heavy (non-hydrogen) atoms. The molecule has 0 fully saturated rings. The van der Waals surface area contributed by atoms with E-state index in [1.165, 1.54) is 83.5 Å². The minimum Gasteiger partial charge on any atom is -0.305 e. The maximum atomic E-state index is 12.5. The quantitative estimate of drug-likeness (QED) is 0.155. The Kier molecular flexibility index (Phi) is 18.6. The van der Waals surface area contributed by atoms with Crippen molar-refractivity contribution in [1.29, 1.82) is 0 Å². The van der Waals surface area contributed by atoms with Crippen LogP contribution in [0.25, 0.3) is 0 Å². The average Bonchev–Trinajstić information content (AvgIpc) is 2.70. The van der Waals surface area contributed by atoms with Crippen molar-refractivity contribution in [3.63, 3.8) is 0 Å². The highest BCUT2D eigenvalue weighted by Crippen LogP contribution is 2.11. The predicted octanol–water partition coefficient (Wildman–Crippen LogP) is 7.30. The molecule has 0 aromatic heterocycles. The van der Waals surface area contributed by atoms with Gasteiger partial charge in [-0.1, -0.05) is 76.9 Å². The summed E-state index contributed by atoms with van der Waals surface area (Å²) in [5.41, 5.74) is -0.426. The Hall–Kier alpha value is -0.670. The maximum absolute atomic E-state index is 12.5. The SMILES string of the molecule is CCCCCCCC/C=C\CCCCCCCCNC(C)(C)C(=O)CN(C)C(C)C. The average molecular weight is 423 g/mol. The normalized spacial score (nSPS) is 12.5. The van der Waals surface area contributed by atoms with Gasteiger partial charge in [-0.2, -0.15) is 0 Å². The summed E-state index contributed by atoms with van der Waals surface area (Å²) in [7, 11) is 2.02. The molecule has 178 valence electrons. The van der Waals surface area contributed by atoms with Crippen LogP contribution >= 0.6 is 0 Å². The zero-order valence-electron chi connectivity index (χ0n) is 21.4. The van der Waals surface area contributed by atoms with E-state index in [0.29, 0.717) is 12.6 Å². The van der Waals surface area contributed by atoms with Crippen LogP contribution in [0.4, 0.5) is 0 Å². The number of rotatable bonds is 21. The molecule has 0 unspecified atom stereocenters. The highest BCUT2D eigenvalue weighted by molar-refractivity contribution is 5.89. The molecule has 0 aromatic carbocycles. The Bertz CT molecular complexity index is 429. The highest BCUT2D eigenvalue weighted by Gasteiger charge is 2.27. The second kappa shape index (κ2) is 19.0. The second-order valence-electron chi connectivity index (χ2n) is 9.92. The van der Waals surface area contributed by atoms with Crippen LogP contribution in [0, 0.1) is 0 Å². The van der Waals surface area contributed by atoms with Crippen molar-refractivity contribution in [1.82, 2.24) is 10.2 Å². The van der Waals surface area contributed by atoms with Crippen molar-refractivity contribution in [2.75, 3.05) is 20.1 Å². The molecule has 3 nitrogen and oxygen atoms in total. The lowest BCUT2D eigenvalue weighted by molar-refractivity contribution is -0.125. The van der Waals surface area contributed by atoms with E-state index in [1.807, 2.05) is 20.9 Å². The first-order valence-corrected chi connectivity index (χ1v) is 12.9. The summed E-state index contributed by atoms with van der Waals surface area (Å²) in [4.78, 5) is 14.6. The van der Waals surface area contributed by atoms with Crippen LogP contribution in [0.2, 0.25) is 0 Å². The lowest BCUT2D eigenvalue weighted by Crippen LogP contribution is -2.51. The second-order valence-corrected chi connectivity index (χ2v) is 9.92. The van der Waals surface area contributed by atoms with Crippen LogP contribution in [0.5, 0.6) is 0 Å². The van der Waals surface area contributed by atoms with Crippen LogP contribution in [0.1, 0.15) is 125 Å². The van der Waals surface area contributed by atoms with Gasteiger partial charge in [-0.25, -0.2) is 0 Å². The van der Waals surface area contributed by atoms with Gasteiger partial charge >= 0.3 is 0 Å². The Labute approximate surface area is 189 Å². The Morgan fingerprint density at radius 3 is 1.80 bits per heavy atom. The van der Waals surface area contributed by atoms with Gasteiger partial charge in [0, 0.05) is 6.04 Å². The molecule has 0 atom stereocenters. The molecule has 0 aliphatic heterocycles. The van der Waals surface area contributed by atoms with Gasteiger partial charge < -0.3 is 5.32 Å².